The highest BCUT2D eigenvalue weighted by Gasteiger charge is 2.22. The monoisotopic (exact) mass is 166 g/mol. The van der Waals surface area contributed by atoms with Crippen LogP contribution in [0.15, 0.2) is 0 Å². The van der Waals surface area contributed by atoms with E-state index in [1.165, 1.54) is 25.7 Å². The molecule has 0 bridgehead atoms. The molecule has 0 unspecified atom stereocenters. The van der Waals surface area contributed by atoms with E-state index in [0.717, 1.165) is 11.7 Å². The molecule has 0 spiro atoms. The van der Waals surface area contributed by atoms with Gasteiger partial charge in [0.2, 0.25) is 0 Å². The summed E-state index contributed by atoms with van der Waals surface area (Å²) >= 11 is 0. The van der Waals surface area contributed by atoms with Gasteiger partial charge in [-0.1, -0.05) is 25.0 Å². The second-order valence-corrected chi connectivity index (χ2v) is 3.73. The Morgan fingerprint density at radius 3 is 2.58 bits per heavy atom. The van der Waals surface area contributed by atoms with Crippen LogP contribution in [0.3, 0.4) is 0 Å². The van der Waals surface area contributed by atoms with E-state index >= 15 is 0 Å². The van der Waals surface area contributed by atoms with Crippen molar-refractivity contribution < 1.29 is 0 Å². The summed E-state index contributed by atoms with van der Waals surface area (Å²) in [6, 6.07) is 0. The molecule has 4 heteroatoms. The number of aromatic nitrogens is 4. The molecule has 1 aromatic heterocycles. The third-order valence-electron chi connectivity index (χ3n) is 2.74. The molecule has 1 N–H and O–H groups in total. The normalized spacial score (nSPS) is 30.4. The fourth-order valence-corrected chi connectivity index (χ4v) is 1.86. The minimum absolute atomic E-state index is 0.556. The summed E-state index contributed by atoms with van der Waals surface area (Å²) in [6.07, 6.45) is 5.06. The maximum atomic E-state index is 4.02. The molecule has 12 heavy (non-hydrogen) atoms. The zero-order chi connectivity index (χ0) is 8.39. The molecular weight excluding hydrogens is 152 g/mol. The molecule has 66 valence electrons. The molecule has 1 saturated carbocycles. The molecule has 0 atom stereocenters. The number of hydrogen-bond donors (Lipinski definition) is 1. The number of H-pyrrole nitrogens is 1. The van der Waals surface area contributed by atoms with Crippen molar-refractivity contribution in [1.82, 2.24) is 20.6 Å². The molecule has 0 saturated heterocycles. The standard InChI is InChI=1S/C8H14N4/c1-6-2-4-7(5-3-6)8-9-11-12-10-8/h6-7H,2-5H2,1H3,(H,9,10,11,12). The molecule has 4 nitrogen and oxygen atoms in total. The Kier molecular flexibility index (Phi) is 2.06. The summed E-state index contributed by atoms with van der Waals surface area (Å²) in [4.78, 5) is 0. The molecule has 0 aliphatic heterocycles. The average Bonchev–Trinajstić information content (AvgIpc) is 2.58. The van der Waals surface area contributed by atoms with Crippen molar-refractivity contribution in [1.29, 1.82) is 0 Å². The van der Waals surface area contributed by atoms with E-state index in [4.69, 9.17) is 0 Å². The number of nitrogens with one attached hydrogen (secondary N) is 1. The Morgan fingerprint density at radius 1 is 1.25 bits per heavy atom. The van der Waals surface area contributed by atoms with Crippen molar-refractivity contribution in [3.05, 3.63) is 5.82 Å². The minimum atomic E-state index is 0.556. The molecule has 1 aliphatic rings. The van der Waals surface area contributed by atoms with Gasteiger partial charge in [0, 0.05) is 5.92 Å². The van der Waals surface area contributed by atoms with E-state index in [1.54, 1.807) is 0 Å². The highest BCUT2D eigenvalue weighted by Crippen LogP contribution is 2.33. The lowest BCUT2D eigenvalue weighted by molar-refractivity contribution is 0.340. The summed E-state index contributed by atoms with van der Waals surface area (Å²) in [5, 5.41) is 14.1. The lowest BCUT2D eigenvalue weighted by Gasteiger charge is -2.23. The van der Waals surface area contributed by atoms with Crippen molar-refractivity contribution in [2.45, 2.75) is 38.5 Å². The Balaban J connectivity index is 1.99. The maximum absolute atomic E-state index is 4.02. The quantitative estimate of drug-likeness (QED) is 0.687. The van der Waals surface area contributed by atoms with Crippen LogP contribution in [0, 0.1) is 5.92 Å². The van der Waals surface area contributed by atoms with Crippen LogP contribution in [-0.4, -0.2) is 20.6 Å². The number of rotatable bonds is 1. The third-order valence-corrected chi connectivity index (χ3v) is 2.74. The maximum Gasteiger partial charge on any atom is 0.177 e. The van der Waals surface area contributed by atoms with Crippen LogP contribution in [-0.2, 0) is 0 Å². The van der Waals surface area contributed by atoms with E-state index in [2.05, 4.69) is 27.5 Å². The average molecular weight is 166 g/mol. The molecule has 2 rings (SSSR count). The number of hydrogen-bond acceptors (Lipinski definition) is 3. The fourth-order valence-electron chi connectivity index (χ4n) is 1.86. The number of aromatic amines is 1. The molecular formula is C8H14N4. The van der Waals surface area contributed by atoms with Crippen molar-refractivity contribution in [2.75, 3.05) is 0 Å². The van der Waals surface area contributed by atoms with Crippen LogP contribution < -0.4 is 0 Å². The van der Waals surface area contributed by atoms with Gasteiger partial charge in [-0.05, 0) is 18.8 Å². The van der Waals surface area contributed by atoms with Gasteiger partial charge in [-0.25, -0.2) is 0 Å². The van der Waals surface area contributed by atoms with E-state index < -0.39 is 0 Å². The largest absolute Gasteiger partial charge is 0.177 e. The van der Waals surface area contributed by atoms with Gasteiger partial charge >= 0.3 is 0 Å². The zero-order valence-electron chi connectivity index (χ0n) is 7.32. The Labute approximate surface area is 71.8 Å². The fraction of sp³-hybridized carbons (Fsp3) is 0.875. The molecule has 1 aliphatic carbocycles. The summed E-state index contributed by atoms with van der Waals surface area (Å²) in [5.74, 6) is 2.34. The molecule has 1 heterocycles. The van der Waals surface area contributed by atoms with Crippen LogP contribution in [0.2, 0.25) is 0 Å². The zero-order valence-corrected chi connectivity index (χ0v) is 7.32. The van der Waals surface area contributed by atoms with Gasteiger partial charge < -0.3 is 0 Å². The lowest BCUT2D eigenvalue weighted by Crippen LogP contribution is -2.11. The van der Waals surface area contributed by atoms with Gasteiger partial charge in [-0.2, -0.15) is 5.21 Å². The van der Waals surface area contributed by atoms with Crippen molar-refractivity contribution >= 4 is 0 Å². The molecule has 0 aromatic carbocycles. The topological polar surface area (TPSA) is 54.5 Å². The Hall–Kier alpha value is -0.930. The lowest BCUT2D eigenvalue weighted by atomic mass is 9.83. The summed E-state index contributed by atoms with van der Waals surface area (Å²) in [7, 11) is 0. The van der Waals surface area contributed by atoms with Crippen molar-refractivity contribution in [2.24, 2.45) is 5.92 Å². The van der Waals surface area contributed by atoms with Gasteiger partial charge in [0.25, 0.3) is 0 Å². The van der Waals surface area contributed by atoms with Crippen LogP contribution in [0.4, 0.5) is 0 Å². The smallest absolute Gasteiger partial charge is 0.177 e. The first-order valence-corrected chi connectivity index (χ1v) is 4.59. The highest BCUT2D eigenvalue weighted by atomic mass is 15.5. The summed E-state index contributed by atoms with van der Waals surface area (Å²) in [6.45, 7) is 2.31. The first-order chi connectivity index (χ1) is 5.86. The van der Waals surface area contributed by atoms with Crippen LogP contribution >= 0.6 is 0 Å². The minimum Gasteiger partial charge on any atom is -0.177 e. The molecule has 0 amide bonds. The van der Waals surface area contributed by atoms with E-state index in [0.29, 0.717) is 5.92 Å². The first kappa shape index (κ1) is 7.71. The van der Waals surface area contributed by atoms with Gasteiger partial charge in [-0.15, -0.1) is 10.2 Å². The molecule has 0 radical (unpaired) electrons. The van der Waals surface area contributed by atoms with Crippen LogP contribution in [0.5, 0.6) is 0 Å². The highest BCUT2D eigenvalue weighted by molar-refractivity contribution is 4.93. The predicted octanol–water partition coefficient (Wildman–Crippen LogP) is 1.49. The Morgan fingerprint density at radius 2 is 2.00 bits per heavy atom. The van der Waals surface area contributed by atoms with Crippen LogP contribution in [0.1, 0.15) is 44.3 Å². The predicted molar refractivity (Wildman–Crippen MR) is 44.6 cm³/mol. The number of nitrogens with zero attached hydrogens (tertiary/aromatic N) is 3. The Bertz CT molecular complexity index is 223. The van der Waals surface area contributed by atoms with Gasteiger partial charge in [0.1, 0.15) is 0 Å². The third kappa shape index (κ3) is 1.47. The van der Waals surface area contributed by atoms with Crippen molar-refractivity contribution in [3.8, 4) is 0 Å². The second-order valence-electron chi connectivity index (χ2n) is 3.73. The molecule has 1 fully saturated rings. The van der Waals surface area contributed by atoms with Crippen LogP contribution in [0.25, 0.3) is 0 Å². The van der Waals surface area contributed by atoms with Gasteiger partial charge in [0.15, 0.2) is 5.82 Å². The number of tetrazole rings is 1. The SMILES string of the molecule is CC1CCC(c2nn[nH]n2)CC1. The van der Waals surface area contributed by atoms with E-state index in [-0.39, 0.29) is 0 Å². The van der Waals surface area contributed by atoms with E-state index in [1.807, 2.05) is 0 Å². The summed E-state index contributed by atoms with van der Waals surface area (Å²) < 4.78 is 0. The molecule has 1 aromatic rings. The summed E-state index contributed by atoms with van der Waals surface area (Å²) in [5.41, 5.74) is 0. The van der Waals surface area contributed by atoms with Gasteiger partial charge in [0.05, 0.1) is 0 Å². The van der Waals surface area contributed by atoms with E-state index in [9.17, 15) is 0 Å². The van der Waals surface area contributed by atoms with Gasteiger partial charge in [-0.3, -0.25) is 0 Å². The second kappa shape index (κ2) is 3.21. The first-order valence-electron chi connectivity index (χ1n) is 4.59. The van der Waals surface area contributed by atoms with Crippen molar-refractivity contribution in [3.63, 3.8) is 0 Å².